The molecule has 0 saturated heterocycles. The highest BCUT2D eigenvalue weighted by Gasteiger charge is 2.70. The van der Waals surface area contributed by atoms with E-state index < -0.39 is 0 Å². The van der Waals surface area contributed by atoms with Crippen LogP contribution in [0.25, 0.3) is 0 Å². The Bertz CT molecular complexity index is 1370. The minimum atomic E-state index is 0.283. The van der Waals surface area contributed by atoms with Crippen LogP contribution in [0.2, 0.25) is 0 Å². The van der Waals surface area contributed by atoms with Crippen LogP contribution in [0.15, 0.2) is 24.3 Å². The number of terminal acetylenes is 2. The van der Waals surface area contributed by atoms with E-state index in [1.54, 1.807) is 11.1 Å². The molecule has 0 heteroatoms. The molecule has 8 saturated carbocycles. The summed E-state index contributed by atoms with van der Waals surface area (Å²) >= 11 is 0. The van der Waals surface area contributed by atoms with Crippen molar-refractivity contribution in [2.75, 3.05) is 0 Å². The van der Waals surface area contributed by atoms with E-state index in [-0.39, 0.29) is 10.8 Å². The fourth-order valence-corrected chi connectivity index (χ4v) is 13.3. The number of benzene rings is 2. The van der Waals surface area contributed by atoms with Crippen LogP contribution in [0.5, 0.6) is 0 Å². The number of hydrogen-bond acceptors (Lipinski definition) is 0. The van der Waals surface area contributed by atoms with E-state index in [1.807, 2.05) is 0 Å². The lowest BCUT2D eigenvalue weighted by Crippen LogP contribution is -2.66. The second-order valence-corrected chi connectivity index (χ2v) is 16.2. The van der Waals surface area contributed by atoms with Gasteiger partial charge in [0.15, 0.2) is 0 Å². The molecule has 0 aliphatic heterocycles. The molecule has 40 heavy (non-hydrogen) atoms. The van der Waals surface area contributed by atoms with Crippen molar-refractivity contribution in [3.63, 3.8) is 0 Å². The maximum absolute atomic E-state index is 6.28. The van der Waals surface area contributed by atoms with Gasteiger partial charge in [0, 0.05) is 11.1 Å². The Morgan fingerprint density at radius 3 is 1.23 bits per heavy atom. The Kier molecular flexibility index (Phi) is 5.12. The lowest BCUT2D eigenvalue weighted by molar-refractivity contribution is -0.212. The van der Waals surface area contributed by atoms with E-state index in [0.717, 1.165) is 23.7 Å². The highest BCUT2D eigenvalue weighted by Crippen LogP contribution is 2.79. The second kappa shape index (κ2) is 8.10. The topological polar surface area (TPSA) is 0 Å². The van der Waals surface area contributed by atoms with E-state index in [2.05, 4.69) is 63.8 Å². The van der Waals surface area contributed by atoms with Gasteiger partial charge in [-0.15, -0.1) is 12.8 Å². The molecule has 10 rings (SSSR count). The van der Waals surface area contributed by atoms with Crippen LogP contribution in [0.3, 0.4) is 0 Å². The molecule has 0 nitrogen and oxygen atoms in total. The monoisotopic (exact) mass is 526 g/mol. The average Bonchev–Trinajstić information content (AvgIpc) is 2.90. The molecule has 0 amide bonds. The molecule has 8 aliphatic carbocycles. The molecule has 0 spiro atoms. The van der Waals surface area contributed by atoms with Gasteiger partial charge in [0.25, 0.3) is 0 Å². The first kappa shape index (κ1) is 25.3. The predicted octanol–water partition coefficient (Wildman–Crippen LogP) is 9.26. The normalized spacial score (nSPS) is 42.1. The smallest absolute Gasteiger partial charge is 0.0312 e. The molecule has 4 unspecified atom stereocenters. The third kappa shape index (κ3) is 3.13. The molecule has 8 fully saturated rings. The standard InChI is InChI=1S/C40H46/c1-7-33-27(5)25(3)9-11-35(33)37-15-29-13-30(16-37)20-39(19-29,23-37)40-21-31-14-32(22-40)18-38(17-31,24-40)36-12-10-26(4)28(6)34(36)8-2/h1-2,9-12,29-32H,13-24H2,3-6H3. The van der Waals surface area contributed by atoms with Crippen LogP contribution in [-0.2, 0) is 10.8 Å². The Balaban J connectivity index is 1.27. The van der Waals surface area contributed by atoms with Crippen molar-refractivity contribution in [3.05, 3.63) is 68.8 Å². The van der Waals surface area contributed by atoms with Crippen LogP contribution in [0, 0.1) is 86.9 Å². The van der Waals surface area contributed by atoms with Crippen LogP contribution in [0.4, 0.5) is 0 Å². The summed E-state index contributed by atoms with van der Waals surface area (Å²) in [7, 11) is 0. The molecule has 2 aromatic carbocycles. The van der Waals surface area contributed by atoms with Crippen molar-refractivity contribution in [2.45, 2.75) is 116 Å². The van der Waals surface area contributed by atoms with Gasteiger partial charge >= 0.3 is 0 Å². The summed E-state index contributed by atoms with van der Waals surface area (Å²) in [5.41, 5.74) is 12.4. The van der Waals surface area contributed by atoms with E-state index in [1.165, 1.54) is 110 Å². The Hall–Kier alpha value is -2.44. The lowest BCUT2D eigenvalue weighted by Gasteiger charge is -2.74. The summed E-state index contributed by atoms with van der Waals surface area (Å²) in [5.74, 6) is 9.92. The molecule has 0 aromatic heterocycles. The Morgan fingerprint density at radius 2 is 0.900 bits per heavy atom. The fraction of sp³-hybridized carbons (Fsp3) is 0.600. The molecule has 4 atom stereocenters. The van der Waals surface area contributed by atoms with E-state index in [4.69, 9.17) is 12.8 Å². The van der Waals surface area contributed by atoms with Gasteiger partial charge in [0.2, 0.25) is 0 Å². The summed E-state index contributed by atoms with van der Waals surface area (Å²) < 4.78 is 0. The zero-order chi connectivity index (χ0) is 27.7. The number of rotatable bonds is 3. The highest BCUT2D eigenvalue weighted by atomic mass is 14.7. The average molecular weight is 527 g/mol. The molecular weight excluding hydrogens is 480 g/mol. The SMILES string of the molecule is C#Cc1c(C23CC4CC(C2)CC(C25CC6CC(CC(c7ccc(C)c(C)c7C#C)(C6)C2)C5)(C4)C3)ccc(C)c1C. The summed E-state index contributed by atoms with van der Waals surface area (Å²) in [5, 5.41) is 0. The quantitative estimate of drug-likeness (QED) is 0.350. The van der Waals surface area contributed by atoms with Gasteiger partial charge in [0.1, 0.15) is 0 Å². The van der Waals surface area contributed by atoms with Gasteiger partial charge in [-0.25, -0.2) is 0 Å². The van der Waals surface area contributed by atoms with Crippen molar-refractivity contribution in [3.8, 4) is 24.7 Å². The molecule has 206 valence electrons. The van der Waals surface area contributed by atoms with Crippen molar-refractivity contribution in [2.24, 2.45) is 34.5 Å². The summed E-state index contributed by atoms with van der Waals surface area (Å²) in [6.07, 6.45) is 29.7. The fourth-order valence-electron chi connectivity index (χ4n) is 13.3. The lowest BCUT2D eigenvalue weighted by atomic mass is 9.30. The van der Waals surface area contributed by atoms with Gasteiger partial charge in [-0.05, 0) is 183 Å². The van der Waals surface area contributed by atoms with Gasteiger partial charge in [-0.3, -0.25) is 0 Å². The maximum atomic E-state index is 6.28. The summed E-state index contributed by atoms with van der Waals surface area (Å²) in [6, 6.07) is 9.68. The van der Waals surface area contributed by atoms with Gasteiger partial charge in [0.05, 0.1) is 0 Å². The molecule has 8 aliphatic rings. The first-order valence-corrected chi connectivity index (χ1v) is 16.3. The first-order chi connectivity index (χ1) is 19.1. The largest absolute Gasteiger partial charge is 0.115 e. The van der Waals surface area contributed by atoms with Crippen LogP contribution in [0.1, 0.15) is 122 Å². The summed E-state index contributed by atoms with van der Waals surface area (Å²) in [4.78, 5) is 0. The minimum Gasteiger partial charge on any atom is -0.115 e. The van der Waals surface area contributed by atoms with Gasteiger partial charge < -0.3 is 0 Å². The third-order valence-corrected chi connectivity index (χ3v) is 14.2. The van der Waals surface area contributed by atoms with Crippen molar-refractivity contribution >= 4 is 0 Å². The zero-order valence-corrected chi connectivity index (χ0v) is 25.3. The Morgan fingerprint density at radius 1 is 0.550 bits per heavy atom. The zero-order valence-electron chi connectivity index (χ0n) is 25.3. The molecule has 0 heterocycles. The minimum absolute atomic E-state index is 0.283. The predicted molar refractivity (Wildman–Crippen MR) is 165 cm³/mol. The van der Waals surface area contributed by atoms with Crippen molar-refractivity contribution in [1.29, 1.82) is 0 Å². The highest BCUT2D eigenvalue weighted by molar-refractivity contribution is 5.55. The molecule has 8 bridgehead atoms. The summed E-state index contributed by atoms with van der Waals surface area (Å²) in [6.45, 7) is 8.99. The van der Waals surface area contributed by atoms with E-state index in [0.29, 0.717) is 10.8 Å². The molecule has 2 aromatic rings. The van der Waals surface area contributed by atoms with Gasteiger partial charge in [-0.1, -0.05) is 36.1 Å². The first-order valence-electron chi connectivity index (χ1n) is 16.3. The van der Waals surface area contributed by atoms with Crippen molar-refractivity contribution < 1.29 is 0 Å². The maximum Gasteiger partial charge on any atom is 0.0312 e. The Labute approximate surface area is 243 Å². The van der Waals surface area contributed by atoms with Crippen LogP contribution < -0.4 is 0 Å². The van der Waals surface area contributed by atoms with Crippen LogP contribution in [-0.4, -0.2) is 0 Å². The molecule has 0 radical (unpaired) electrons. The van der Waals surface area contributed by atoms with E-state index >= 15 is 0 Å². The second-order valence-electron chi connectivity index (χ2n) is 16.2. The van der Waals surface area contributed by atoms with Crippen LogP contribution >= 0.6 is 0 Å². The molecule has 0 N–H and O–H groups in total. The van der Waals surface area contributed by atoms with Gasteiger partial charge in [-0.2, -0.15) is 0 Å². The third-order valence-electron chi connectivity index (χ3n) is 14.2. The van der Waals surface area contributed by atoms with E-state index in [9.17, 15) is 0 Å². The number of aryl methyl sites for hydroxylation is 2. The molecular formula is C40H46. The number of hydrogen-bond donors (Lipinski definition) is 0. The van der Waals surface area contributed by atoms with Crippen molar-refractivity contribution in [1.82, 2.24) is 0 Å².